The van der Waals surface area contributed by atoms with E-state index in [1.54, 1.807) is 44.5 Å². The first-order valence-corrected chi connectivity index (χ1v) is 8.93. The first-order chi connectivity index (χ1) is 14.4. The quantitative estimate of drug-likeness (QED) is 0.409. The second-order valence-corrected chi connectivity index (χ2v) is 6.42. The average Bonchev–Trinajstić information content (AvgIpc) is 3.22. The van der Waals surface area contributed by atoms with Crippen molar-refractivity contribution in [1.82, 2.24) is 15.1 Å². The zero-order valence-corrected chi connectivity index (χ0v) is 16.7. The number of methoxy groups -OCH3 is 2. The molecule has 0 saturated carbocycles. The van der Waals surface area contributed by atoms with Crippen molar-refractivity contribution in [3.63, 3.8) is 0 Å². The van der Waals surface area contributed by atoms with E-state index in [0.29, 0.717) is 28.5 Å². The summed E-state index contributed by atoms with van der Waals surface area (Å²) in [7, 11) is 4.70. The van der Waals surface area contributed by atoms with Gasteiger partial charge in [0.25, 0.3) is 5.69 Å². The maximum atomic E-state index is 12.4. The number of hydrogen-bond acceptors (Lipinski definition) is 8. The molecule has 0 aliphatic carbocycles. The Kier molecular flexibility index (Phi) is 6.26. The fourth-order valence-corrected chi connectivity index (χ4v) is 2.74. The third kappa shape index (κ3) is 4.72. The molecular formula is C20H20N4O6. The van der Waals surface area contributed by atoms with Crippen LogP contribution in [-0.2, 0) is 17.8 Å². The maximum Gasteiger partial charge on any atom is 0.269 e. The Morgan fingerprint density at radius 2 is 1.80 bits per heavy atom. The number of benzene rings is 2. The minimum absolute atomic E-state index is 0.0203. The summed E-state index contributed by atoms with van der Waals surface area (Å²) in [6, 6.07) is 11.1. The zero-order chi connectivity index (χ0) is 21.7. The molecule has 1 aromatic heterocycles. The number of nitrogens with zero attached hydrogens (tertiary/aromatic N) is 4. The number of rotatable bonds is 8. The van der Waals surface area contributed by atoms with E-state index in [1.165, 1.54) is 24.1 Å². The number of carbonyl (C=O) groups is 1. The van der Waals surface area contributed by atoms with Crippen molar-refractivity contribution in [2.75, 3.05) is 21.3 Å². The van der Waals surface area contributed by atoms with Gasteiger partial charge in [0.15, 0.2) is 11.5 Å². The van der Waals surface area contributed by atoms with Gasteiger partial charge in [-0.25, -0.2) is 0 Å². The van der Waals surface area contributed by atoms with Crippen LogP contribution in [0.15, 0.2) is 46.9 Å². The van der Waals surface area contributed by atoms with E-state index in [4.69, 9.17) is 13.9 Å². The molecule has 30 heavy (non-hydrogen) atoms. The first kappa shape index (κ1) is 20.8. The van der Waals surface area contributed by atoms with Crippen LogP contribution in [0.3, 0.4) is 0 Å². The van der Waals surface area contributed by atoms with Gasteiger partial charge in [-0.2, -0.15) is 0 Å². The Hall–Kier alpha value is -3.95. The van der Waals surface area contributed by atoms with Gasteiger partial charge in [-0.1, -0.05) is 12.1 Å². The maximum absolute atomic E-state index is 12.4. The summed E-state index contributed by atoms with van der Waals surface area (Å²) in [5.41, 5.74) is 1.31. The summed E-state index contributed by atoms with van der Waals surface area (Å²) >= 11 is 0. The van der Waals surface area contributed by atoms with Crippen LogP contribution in [0.2, 0.25) is 0 Å². The number of non-ortho nitro benzene ring substituents is 1. The van der Waals surface area contributed by atoms with Crippen LogP contribution in [-0.4, -0.2) is 47.2 Å². The summed E-state index contributed by atoms with van der Waals surface area (Å²) in [6.45, 7) is 0.131. The van der Waals surface area contributed by atoms with Gasteiger partial charge in [0.1, 0.15) is 0 Å². The average molecular weight is 412 g/mol. The topological polar surface area (TPSA) is 121 Å². The number of aromatic nitrogens is 2. The van der Waals surface area contributed by atoms with Crippen molar-refractivity contribution in [1.29, 1.82) is 0 Å². The molecule has 0 N–H and O–H groups in total. The monoisotopic (exact) mass is 412 g/mol. The van der Waals surface area contributed by atoms with E-state index in [-0.39, 0.29) is 30.5 Å². The minimum Gasteiger partial charge on any atom is -0.493 e. The third-order valence-corrected chi connectivity index (χ3v) is 4.40. The van der Waals surface area contributed by atoms with Crippen LogP contribution >= 0.6 is 0 Å². The molecule has 10 nitrogen and oxygen atoms in total. The van der Waals surface area contributed by atoms with E-state index >= 15 is 0 Å². The molecule has 1 heterocycles. The lowest BCUT2D eigenvalue weighted by molar-refractivity contribution is -0.384. The fraction of sp³-hybridized carbons (Fsp3) is 0.250. The lowest BCUT2D eigenvalue weighted by Gasteiger charge is -2.14. The highest BCUT2D eigenvalue weighted by atomic mass is 16.6. The van der Waals surface area contributed by atoms with Gasteiger partial charge < -0.3 is 18.8 Å². The molecule has 156 valence electrons. The van der Waals surface area contributed by atoms with Crippen LogP contribution in [0.1, 0.15) is 11.5 Å². The molecule has 0 fully saturated rings. The van der Waals surface area contributed by atoms with Crippen LogP contribution in [0.5, 0.6) is 11.5 Å². The zero-order valence-electron chi connectivity index (χ0n) is 16.7. The molecule has 0 bridgehead atoms. The van der Waals surface area contributed by atoms with Gasteiger partial charge >= 0.3 is 0 Å². The van der Waals surface area contributed by atoms with Crippen molar-refractivity contribution in [3.8, 4) is 23.0 Å². The molecule has 0 saturated heterocycles. The molecular weight excluding hydrogens is 392 g/mol. The Bertz CT molecular complexity index is 1050. The molecule has 0 unspecified atom stereocenters. The van der Waals surface area contributed by atoms with Crippen molar-refractivity contribution in [2.45, 2.75) is 13.0 Å². The smallest absolute Gasteiger partial charge is 0.269 e. The number of amides is 1. The molecule has 0 atom stereocenters. The second-order valence-electron chi connectivity index (χ2n) is 6.42. The fourth-order valence-electron chi connectivity index (χ4n) is 2.74. The van der Waals surface area contributed by atoms with E-state index < -0.39 is 4.92 Å². The van der Waals surface area contributed by atoms with Crippen molar-refractivity contribution in [2.24, 2.45) is 0 Å². The Morgan fingerprint density at radius 1 is 1.10 bits per heavy atom. The molecule has 0 spiro atoms. The number of likely N-dealkylation sites (N-methyl/N-ethyl adjacent to an activating group) is 1. The van der Waals surface area contributed by atoms with Crippen LogP contribution < -0.4 is 9.47 Å². The molecule has 0 aliphatic heterocycles. The largest absolute Gasteiger partial charge is 0.493 e. The van der Waals surface area contributed by atoms with Gasteiger partial charge in [0.05, 0.1) is 32.1 Å². The SMILES string of the molecule is COc1ccc(-c2nnc(CN(C)C(=O)Cc3ccc([N+](=O)[O-])cc3)o2)cc1OC. The van der Waals surface area contributed by atoms with Crippen LogP contribution in [0.4, 0.5) is 5.69 Å². The minimum atomic E-state index is -0.483. The number of ether oxygens (including phenoxy) is 2. The van der Waals surface area contributed by atoms with Gasteiger partial charge in [-0.3, -0.25) is 14.9 Å². The summed E-state index contributed by atoms with van der Waals surface area (Å²) in [5, 5.41) is 18.7. The Balaban J connectivity index is 1.65. The van der Waals surface area contributed by atoms with Crippen LogP contribution in [0.25, 0.3) is 11.5 Å². The normalized spacial score (nSPS) is 10.5. The van der Waals surface area contributed by atoms with Crippen molar-refractivity contribution in [3.05, 3.63) is 64.0 Å². The van der Waals surface area contributed by atoms with E-state index in [2.05, 4.69) is 10.2 Å². The second kappa shape index (κ2) is 9.03. The van der Waals surface area contributed by atoms with E-state index in [0.717, 1.165) is 0 Å². The van der Waals surface area contributed by atoms with Crippen LogP contribution in [0, 0.1) is 10.1 Å². The molecule has 3 aromatic rings. The lowest BCUT2D eigenvalue weighted by atomic mass is 10.1. The summed E-state index contributed by atoms with van der Waals surface area (Å²) in [5.74, 6) is 1.50. The number of nitro groups is 1. The Labute approximate surface area is 172 Å². The van der Waals surface area contributed by atoms with E-state index in [9.17, 15) is 14.9 Å². The number of carbonyl (C=O) groups excluding carboxylic acids is 1. The molecule has 3 rings (SSSR count). The molecule has 10 heteroatoms. The highest BCUT2D eigenvalue weighted by Gasteiger charge is 2.16. The summed E-state index contributed by atoms with van der Waals surface area (Å²) in [6.07, 6.45) is 0.102. The lowest BCUT2D eigenvalue weighted by Crippen LogP contribution is -2.27. The summed E-state index contributed by atoms with van der Waals surface area (Å²) in [4.78, 5) is 24.1. The highest BCUT2D eigenvalue weighted by Crippen LogP contribution is 2.31. The molecule has 0 aliphatic rings. The van der Waals surface area contributed by atoms with Gasteiger partial charge in [0, 0.05) is 24.7 Å². The van der Waals surface area contributed by atoms with Gasteiger partial charge in [-0.15, -0.1) is 10.2 Å². The van der Waals surface area contributed by atoms with Crippen molar-refractivity contribution < 1.29 is 23.6 Å². The Morgan fingerprint density at radius 3 is 2.43 bits per heavy atom. The van der Waals surface area contributed by atoms with Gasteiger partial charge in [0.2, 0.25) is 17.7 Å². The molecule has 1 amide bonds. The summed E-state index contributed by atoms with van der Waals surface area (Å²) < 4.78 is 16.2. The molecule has 2 aromatic carbocycles. The number of nitro benzene ring substituents is 1. The van der Waals surface area contributed by atoms with Gasteiger partial charge in [-0.05, 0) is 23.8 Å². The predicted molar refractivity (Wildman–Crippen MR) is 106 cm³/mol. The highest BCUT2D eigenvalue weighted by molar-refractivity contribution is 5.78. The standard InChI is InChI=1S/C20H20N4O6/c1-23(19(25)10-13-4-7-15(8-5-13)24(26)27)12-18-21-22-20(30-18)14-6-9-16(28-2)17(11-14)29-3/h4-9,11H,10,12H2,1-3H3. The number of hydrogen-bond donors (Lipinski definition) is 0. The molecule has 0 radical (unpaired) electrons. The van der Waals surface area contributed by atoms with Crippen molar-refractivity contribution >= 4 is 11.6 Å². The predicted octanol–water partition coefficient (Wildman–Crippen LogP) is 2.86. The first-order valence-electron chi connectivity index (χ1n) is 8.93. The third-order valence-electron chi connectivity index (χ3n) is 4.40. The van der Waals surface area contributed by atoms with E-state index in [1.807, 2.05) is 0 Å².